The van der Waals surface area contributed by atoms with Gasteiger partial charge in [0.2, 0.25) is 0 Å². The highest BCUT2D eigenvalue weighted by Gasteiger charge is 2.48. The molecule has 6 nitrogen and oxygen atoms in total. The fourth-order valence-corrected chi connectivity index (χ4v) is 5.20. The van der Waals surface area contributed by atoms with Crippen molar-refractivity contribution < 1.29 is 19.0 Å². The topological polar surface area (TPSA) is 66.8 Å². The fourth-order valence-electron chi connectivity index (χ4n) is 5.20. The monoisotopic (exact) mass is 445 g/mol. The SMILES string of the molecule is COC1c2c(cc(C)c3c(=O)c4cc5ccccc5cc4n(C)c23)OC(C)(C)C1OC(C)=O. The van der Waals surface area contributed by atoms with E-state index in [1.54, 1.807) is 7.11 Å². The van der Waals surface area contributed by atoms with E-state index in [2.05, 4.69) is 0 Å². The molecule has 0 amide bonds. The predicted molar refractivity (Wildman–Crippen MR) is 129 cm³/mol. The molecular weight excluding hydrogens is 418 g/mol. The van der Waals surface area contributed by atoms with Gasteiger partial charge in [-0.05, 0) is 55.3 Å². The van der Waals surface area contributed by atoms with E-state index in [9.17, 15) is 9.59 Å². The van der Waals surface area contributed by atoms with Crippen molar-refractivity contribution in [3.05, 3.63) is 63.8 Å². The minimum absolute atomic E-state index is 0.0344. The van der Waals surface area contributed by atoms with Gasteiger partial charge in [-0.1, -0.05) is 24.3 Å². The first-order valence-electron chi connectivity index (χ1n) is 11.0. The minimum Gasteiger partial charge on any atom is -0.483 e. The summed E-state index contributed by atoms with van der Waals surface area (Å²) in [6.45, 7) is 7.05. The molecule has 0 fully saturated rings. The van der Waals surface area contributed by atoms with E-state index in [0.717, 1.165) is 32.9 Å². The number of esters is 1. The van der Waals surface area contributed by atoms with Gasteiger partial charge < -0.3 is 18.8 Å². The summed E-state index contributed by atoms with van der Waals surface area (Å²) in [5, 5.41) is 3.35. The third-order valence-electron chi connectivity index (χ3n) is 6.70. The highest BCUT2D eigenvalue weighted by molar-refractivity contribution is 6.03. The summed E-state index contributed by atoms with van der Waals surface area (Å²) in [7, 11) is 3.54. The summed E-state index contributed by atoms with van der Waals surface area (Å²) in [4.78, 5) is 25.7. The van der Waals surface area contributed by atoms with Crippen molar-refractivity contribution in [1.29, 1.82) is 0 Å². The van der Waals surface area contributed by atoms with E-state index < -0.39 is 23.8 Å². The van der Waals surface area contributed by atoms with Crippen molar-refractivity contribution >= 4 is 38.5 Å². The second-order valence-corrected chi connectivity index (χ2v) is 9.33. The lowest BCUT2D eigenvalue weighted by molar-refractivity contribution is -0.178. The normalized spacial score (nSPS) is 19.5. The zero-order chi connectivity index (χ0) is 23.7. The molecule has 2 heterocycles. The molecule has 2 unspecified atom stereocenters. The van der Waals surface area contributed by atoms with Crippen LogP contribution in [0.25, 0.3) is 32.6 Å². The number of fused-ring (bicyclic) bond motifs is 5. The van der Waals surface area contributed by atoms with Gasteiger partial charge in [0.1, 0.15) is 17.5 Å². The Labute approximate surface area is 191 Å². The molecule has 0 saturated carbocycles. The van der Waals surface area contributed by atoms with Crippen LogP contribution >= 0.6 is 0 Å². The Morgan fingerprint density at radius 1 is 1.12 bits per heavy atom. The van der Waals surface area contributed by atoms with E-state index >= 15 is 0 Å². The average molecular weight is 446 g/mol. The number of methoxy groups -OCH3 is 1. The lowest BCUT2D eigenvalue weighted by Crippen LogP contribution is -2.51. The fraction of sp³-hybridized carbons (Fsp3) is 0.333. The molecule has 33 heavy (non-hydrogen) atoms. The molecule has 1 aliphatic heterocycles. The van der Waals surface area contributed by atoms with Crippen molar-refractivity contribution in [2.24, 2.45) is 7.05 Å². The largest absolute Gasteiger partial charge is 0.483 e. The summed E-state index contributed by atoms with van der Waals surface area (Å²) >= 11 is 0. The molecular formula is C27H27NO5. The van der Waals surface area contributed by atoms with Gasteiger partial charge in [0.05, 0.1) is 16.6 Å². The summed E-state index contributed by atoms with van der Waals surface area (Å²) in [5.41, 5.74) is 2.26. The van der Waals surface area contributed by atoms with Gasteiger partial charge in [0, 0.05) is 31.9 Å². The number of carbonyl (C=O) groups is 1. The van der Waals surface area contributed by atoms with E-state index in [4.69, 9.17) is 14.2 Å². The maximum Gasteiger partial charge on any atom is 0.303 e. The molecule has 0 N–H and O–H groups in total. The first-order chi connectivity index (χ1) is 15.6. The van der Waals surface area contributed by atoms with Crippen LogP contribution in [0.15, 0.2) is 47.3 Å². The van der Waals surface area contributed by atoms with Crippen LogP contribution in [0.1, 0.15) is 38.0 Å². The van der Waals surface area contributed by atoms with Gasteiger partial charge in [0.15, 0.2) is 11.5 Å². The summed E-state index contributed by atoms with van der Waals surface area (Å²) in [6.07, 6.45) is -1.28. The Hall–Kier alpha value is -3.38. The minimum atomic E-state index is -0.814. The zero-order valence-corrected chi connectivity index (χ0v) is 19.7. The summed E-state index contributed by atoms with van der Waals surface area (Å²) in [5.74, 6) is 0.222. The number of benzene rings is 3. The molecule has 6 heteroatoms. The maximum absolute atomic E-state index is 13.8. The van der Waals surface area contributed by atoms with Crippen LogP contribution in [0, 0.1) is 6.92 Å². The highest BCUT2D eigenvalue weighted by Crippen LogP contribution is 2.47. The van der Waals surface area contributed by atoms with Crippen molar-refractivity contribution in [2.75, 3.05) is 7.11 Å². The number of ether oxygens (including phenoxy) is 3. The number of pyridine rings is 1. The molecule has 1 aromatic heterocycles. The lowest BCUT2D eigenvalue weighted by Gasteiger charge is -2.43. The Balaban J connectivity index is 1.94. The second-order valence-electron chi connectivity index (χ2n) is 9.33. The first-order valence-corrected chi connectivity index (χ1v) is 11.0. The Morgan fingerprint density at radius 2 is 1.79 bits per heavy atom. The Kier molecular flexibility index (Phi) is 4.76. The van der Waals surface area contributed by atoms with Crippen LogP contribution in [0.4, 0.5) is 0 Å². The lowest BCUT2D eigenvalue weighted by atomic mass is 9.85. The smallest absolute Gasteiger partial charge is 0.303 e. The van der Waals surface area contributed by atoms with Crippen molar-refractivity contribution in [1.82, 2.24) is 4.57 Å². The molecule has 2 atom stereocenters. The molecule has 170 valence electrons. The van der Waals surface area contributed by atoms with Gasteiger partial charge in [-0.2, -0.15) is 0 Å². The number of aromatic nitrogens is 1. The van der Waals surface area contributed by atoms with Crippen LogP contribution in [-0.4, -0.2) is 29.4 Å². The quantitative estimate of drug-likeness (QED) is 0.323. The van der Waals surface area contributed by atoms with Crippen molar-refractivity contribution in [3.63, 3.8) is 0 Å². The number of carbonyl (C=O) groups excluding carboxylic acids is 1. The summed E-state index contributed by atoms with van der Waals surface area (Å²) < 4.78 is 20.0. The van der Waals surface area contributed by atoms with E-state index in [1.165, 1.54) is 6.92 Å². The summed E-state index contributed by atoms with van der Waals surface area (Å²) in [6, 6.07) is 13.9. The molecule has 0 saturated heterocycles. The molecule has 0 aliphatic carbocycles. The number of hydrogen-bond donors (Lipinski definition) is 0. The van der Waals surface area contributed by atoms with Crippen LogP contribution in [0.5, 0.6) is 5.75 Å². The van der Waals surface area contributed by atoms with Gasteiger partial charge in [-0.25, -0.2) is 0 Å². The van der Waals surface area contributed by atoms with Gasteiger partial charge in [-0.15, -0.1) is 0 Å². The number of hydrogen-bond acceptors (Lipinski definition) is 5. The van der Waals surface area contributed by atoms with Crippen LogP contribution in [-0.2, 0) is 21.3 Å². The van der Waals surface area contributed by atoms with Crippen LogP contribution in [0.2, 0.25) is 0 Å². The Bertz CT molecular complexity index is 1510. The average Bonchev–Trinajstić information content (AvgIpc) is 2.76. The third kappa shape index (κ3) is 3.12. The van der Waals surface area contributed by atoms with E-state index in [-0.39, 0.29) is 5.43 Å². The van der Waals surface area contributed by atoms with Gasteiger partial charge >= 0.3 is 5.97 Å². The van der Waals surface area contributed by atoms with Crippen molar-refractivity contribution in [2.45, 2.75) is 45.5 Å². The molecule has 4 aromatic rings. The second kappa shape index (κ2) is 7.32. The molecule has 3 aromatic carbocycles. The molecule has 0 bridgehead atoms. The van der Waals surface area contributed by atoms with Crippen molar-refractivity contribution in [3.8, 4) is 5.75 Å². The van der Waals surface area contributed by atoms with E-state index in [0.29, 0.717) is 16.5 Å². The predicted octanol–water partition coefficient (Wildman–Crippen LogP) is 4.94. The number of aryl methyl sites for hydroxylation is 2. The standard InChI is InChI=1S/C27H27NO5/c1-14-11-20-22(25(31-6)26(32-15(2)29)27(3,4)33-20)23-21(14)24(30)18-12-16-9-7-8-10-17(16)13-19(18)28(23)5/h7-13,25-26H,1-6H3. The zero-order valence-electron chi connectivity index (χ0n) is 19.7. The molecule has 0 radical (unpaired) electrons. The van der Waals surface area contributed by atoms with Crippen LogP contribution in [0.3, 0.4) is 0 Å². The first kappa shape index (κ1) is 21.5. The van der Waals surface area contributed by atoms with Crippen LogP contribution < -0.4 is 10.2 Å². The van der Waals surface area contributed by atoms with E-state index in [1.807, 2.05) is 74.9 Å². The highest BCUT2D eigenvalue weighted by atomic mass is 16.6. The molecule has 5 rings (SSSR count). The number of nitrogens with zero attached hydrogens (tertiary/aromatic N) is 1. The number of rotatable bonds is 2. The molecule has 0 spiro atoms. The molecule has 1 aliphatic rings. The van der Waals surface area contributed by atoms with Gasteiger partial charge in [0.25, 0.3) is 0 Å². The Morgan fingerprint density at radius 3 is 2.42 bits per heavy atom. The third-order valence-corrected chi connectivity index (χ3v) is 6.70. The maximum atomic E-state index is 13.8. The van der Waals surface area contributed by atoms with Gasteiger partial charge in [-0.3, -0.25) is 9.59 Å².